The number of hydrazine groups is 1. The summed E-state index contributed by atoms with van der Waals surface area (Å²) < 4.78 is 5.03. The van der Waals surface area contributed by atoms with Crippen LogP contribution in [0.4, 0.5) is 0 Å². The number of hydrogen-bond donors (Lipinski definition) is 3. The van der Waals surface area contributed by atoms with E-state index in [0.29, 0.717) is 19.1 Å². The number of hydrogen-bond acceptors (Lipinski definition) is 4. The van der Waals surface area contributed by atoms with Gasteiger partial charge in [-0.1, -0.05) is 6.07 Å². The first-order valence-corrected chi connectivity index (χ1v) is 6.43. The molecule has 0 saturated heterocycles. The average Bonchev–Trinajstić information content (AvgIpc) is 2.81. The van der Waals surface area contributed by atoms with Gasteiger partial charge in [0, 0.05) is 31.0 Å². The van der Waals surface area contributed by atoms with Crippen molar-refractivity contribution in [2.24, 2.45) is 10.8 Å². The molecule has 0 saturated carbocycles. The summed E-state index contributed by atoms with van der Waals surface area (Å²) in [4.78, 5) is 5.69. The first-order valence-electron chi connectivity index (χ1n) is 5.55. The summed E-state index contributed by atoms with van der Waals surface area (Å²) in [5.41, 5.74) is 2.56. The largest absolute Gasteiger partial charge is 0.383 e. The van der Waals surface area contributed by atoms with Gasteiger partial charge in [0.1, 0.15) is 0 Å². The predicted octanol–water partition coefficient (Wildman–Crippen LogP) is 0.734. The third-order valence-electron chi connectivity index (χ3n) is 2.14. The molecule has 0 spiro atoms. The van der Waals surface area contributed by atoms with Crippen LogP contribution in [-0.2, 0) is 11.2 Å². The van der Waals surface area contributed by atoms with Gasteiger partial charge >= 0.3 is 0 Å². The van der Waals surface area contributed by atoms with Gasteiger partial charge in [-0.15, -0.1) is 11.3 Å². The van der Waals surface area contributed by atoms with Crippen LogP contribution in [-0.4, -0.2) is 32.3 Å². The van der Waals surface area contributed by atoms with Gasteiger partial charge in [-0.3, -0.25) is 10.4 Å². The van der Waals surface area contributed by atoms with Crippen LogP contribution >= 0.6 is 11.3 Å². The number of thiophene rings is 1. The van der Waals surface area contributed by atoms with Gasteiger partial charge < -0.3 is 10.1 Å². The number of guanidine groups is 1. The SMILES string of the molecule is COCC(C)NC(=NCCc1cccs1)NN. The highest BCUT2D eigenvalue weighted by Gasteiger charge is 2.03. The van der Waals surface area contributed by atoms with Gasteiger partial charge in [0.15, 0.2) is 0 Å². The van der Waals surface area contributed by atoms with E-state index in [-0.39, 0.29) is 6.04 Å². The zero-order valence-corrected chi connectivity index (χ0v) is 11.1. The molecular weight excluding hydrogens is 236 g/mol. The summed E-state index contributed by atoms with van der Waals surface area (Å²) in [5, 5.41) is 5.21. The third-order valence-corrected chi connectivity index (χ3v) is 3.08. The molecule has 0 fully saturated rings. The van der Waals surface area contributed by atoms with Crippen molar-refractivity contribution < 1.29 is 4.74 Å². The second-order valence-corrected chi connectivity index (χ2v) is 4.74. The lowest BCUT2D eigenvalue weighted by atomic mass is 10.3. The number of nitrogens with zero attached hydrogens (tertiary/aromatic N) is 1. The summed E-state index contributed by atoms with van der Waals surface area (Å²) in [6.07, 6.45) is 0.934. The Kier molecular flexibility index (Phi) is 6.61. The van der Waals surface area contributed by atoms with Crippen LogP contribution < -0.4 is 16.6 Å². The fourth-order valence-corrected chi connectivity index (χ4v) is 2.09. The third kappa shape index (κ3) is 5.67. The molecule has 0 radical (unpaired) electrons. The van der Waals surface area contributed by atoms with Crippen molar-refractivity contribution in [3.05, 3.63) is 22.4 Å². The Balaban J connectivity index is 2.33. The highest BCUT2D eigenvalue weighted by molar-refractivity contribution is 7.09. The molecule has 6 heteroatoms. The molecule has 0 bridgehead atoms. The van der Waals surface area contributed by atoms with Crippen molar-refractivity contribution in [1.29, 1.82) is 0 Å². The Morgan fingerprint density at radius 2 is 2.47 bits per heavy atom. The molecule has 4 N–H and O–H groups in total. The van der Waals surface area contributed by atoms with Crippen LogP contribution in [0.3, 0.4) is 0 Å². The maximum absolute atomic E-state index is 5.40. The Morgan fingerprint density at radius 1 is 1.65 bits per heavy atom. The van der Waals surface area contributed by atoms with E-state index < -0.39 is 0 Å². The van der Waals surface area contributed by atoms with Crippen LogP contribution in [0, 0.1) is 0 Å². The van der Waals surface area contributed by atoms with E-state index in [9.17, 15) is 0 Å². The van der Waals surface area contributed by atoms with Crippen molar-refractivity contribution in [1.82, 2.24) is 10.7 Å². The van der Waals surface area contributed by atoms with Crippen molar-refractivity contribution in [3.63, 3.8) is 0 Å². The molecule has 1 atom stereocenters. The molecule has 96 valence electrons. The lowest BCUT2D eigenvalue weighted by molar-refractivity contribution is 0.179. The van der Waals surface area contributed by atoms with E-state index in [0.717, 1.165) is 6.42 Å². The van der Waals surface area contributed by atoms with Crippen molar-refractivity contribution in [3.8, 4) is 0 Å². The average molecular weight is 256 g/mol. The fraction of sp³-hybridized carbons (Fsp3) is 0.545. The maximum Gasteiger partial charge on any atom is 0.206 e. The smallest absolute Gasteiger partial charge is 0.206 e. The summed E-state index contributed by atoms with van der Waals surface area (Å²) in [7, 11) is 1.67. The second-order valence-electron chi connectivity index (χ2n) is 3.70. The van der Waals surface area contributed by atoms with Gasteiger partial charge in [0.2, 0.25) is 5.96 Å². The standard InChI is InChI=1S/C11H20N4OS/c1-9(8-16-2)14-11(15-12)13-6-5-10-4-3-7-17-10/h3-4,7,9H,5-6,8,12H2,1-2H3,(H2,13,14,15). The molecule has 0 aliphatic heterocycles. The van der Waals surface area contributed by atoms with Crippen LogP contribution in [0.1, 0.15) is 11.8 Å². The molecular formula is C11H20N4OS. The number of nitrogens with two attached hydrogens (primary N) is 1. The van der Waals surface area contributed by atoms with Crippen LogP contribution in [0.2, 0.25) is 0 Å². The number of aliphatic imine (C=N–C) groups is 1. The topological polar surface area (TPSA) is 71.7 Å². The number of methoxy groups -OCH3 is 1. The molecule has 17 heavy (non-hydrogen) atoms. The Morgan fingerprint density at radius 3 is 3.06 bits per heavy atom. The summed E-state index contributed by atoms with van der Waals surface area (Å²) >= 11 is 1.74. The van der Waals surface area contributed by atoms with Gasteiger partial charge in [0.05, 0.1) is 6.61 Å². The first kappa shape index (κ1) is 14.0. The van der Waals surface area contributed by atoms with Crippen molar-refractivity contribution in [2.75, 3.05) is 20.3 Å². The fourth-order valence-electron chi connectivity index (χ4n) is 1.39. The van der Waals surface area contributed by atoms with Crippen LogP contribution in [0.5, 0.6) is 0 Å². The molecule has 1 aromatic rings. The van der Waals surface area contributed by atoms with E-state index >= 15 is 0 Å². The highest BCUT2D eigenvalue weighted by atomic mass is 32.1. The molecule has 1 rings (SSSR count). The van der Waals surface area contributed by atoms with Gasteiger partial charge in [-0.05, 0) is 18.4 Å². The lowest BCUT2D eigenvalue weighted by Crippen LogP contribution is -2.47. The lowest BCUT2D eigenvalue weighted by Gasteiger charge is -2.15. The molecule has 1 aromatic heterocycles. The Bertz CT molecular complexity index is 326. The van der Waals surface area contributed by atoms with E-state index in [1.165, 1.54) is 4.88 Å². The number of nitrogens with one attached hydrogen (secondary N) is 2. The minimum absolute atomic E-state index is 0.177. The molecule has 5 nitrogen and oxygen atoms in total. The van der Waals surface area contributed by atoms with E-state index in [1.807, 2.05) is 13.0 Å². The normalized spacial score (nSPS) is 13.5. The Hall–Kier alpha value is -1.11. The maximum atomic E-state index is 5.40. The molecule has 0 amide bonds. The zero-order valence-electron chi connectivity index (χ0n) is 10.3. The van der Waals surface area contributed by atoms with Crippen LogP contribution in [0.25, 0.3) is 0 Å². The van der Waals surface area contributed by atoms with Crippen LogP contribution in [0.15, 0.2) is 22.5 Å². The molecule has 0 aromatic carbocycles. The number of ether oxygens (including phenoxy) is 1. The number of rotatable bonds is 6. The summed E-state index contributed by atoms with van der Waals surface area (Å²) in [6.45, 7) is 3.34. The first-order chi connectivity index (χ1) is 8.26. The molecule has 1 unspecified atom stereocenters. The van der Waals surface area contributed by atoms with Gasteiger partial charge in [-0.25, -0.2) is 5.84 Å². The van der Waals surface area contributed by atoms with E-state index in [4.69, 9.17) is 10.6 Å². The van der Waals surface area contributed by atoms with E-state index in [1.54, 1.807) is 18.4 Å². The molecule has 0 aliphatic carbocycles. The quantitative estimate of drug-likeness (QED) is 0.304. The monoisotopic (exact) mass is 256 g/mol. The van der Waals surface area contributed by atoms with Gasteiger partial charge in [-0.2, -0.15) is 0 Å². The molecule has 1 heterocycles. The second kappa shape index (κ2) is 8.05. The van der Waals surface area contributed by atoms with Crippen molar-refractivity contribution >= 4 is 17.3 Å². The summed E-state index contributed by atoms with van der Waals surface area (Å²) in [6, 6.07) is 4.33. The van der Waals surface area contributed by atoms with Gasteiger partial charge in [0.25, 0.3) is 0 Å². The predicted molar refractivity (Wildman–Crippen MR) is 72.1 cm³/mol. The molecule has 0 aliphatic rings. The highest BCUT2D eigenvalue weighted by Crippen LogP contribution is 2.08. The zero-order chi connectivity index (χ0) is 12.5. The van der Waals surface area contributed by atoms with Crippen molar-refractivity contribution in [2.45, 2.75) is 19.4 Å². The minimum atomic E-state index is 0.177. The summed E-state index contributed by atoms with van der Waals surface area (Å²) in [5.74, 6) is 6.00. The Labute approximate surface area is 106 Å². The van der Waals surface area contributed by atoms with E-state index in [2.05, 4.69) is 27.2 Å². The minimum Gasteiger partial charge on any atom is -0.383 e.